The molecule has 4 fully saturated rings. The summed E-state index contributed by atoms with van der Waals surface area (Å²) in [5.41, 5.74) is 1.02. The maximum Gasteiger partial charge on any atom is 0.259 e. The second-order valence-corrected chi connectivity index (χ2v) is 11.4. The van der Waals surface area contributed by atoms with Gasteiger partial charge in [-0.15, -0.1) is 23.1 Å². The van der Waals surface area contributed by atoms with Crippen LogP contribution in [-0.2, 0) is 10.5 Å². The summed E-state index contributed by atoms with van der Waals surface area (Å²) in [6, 6.07) is 0. The van der Waals surface area contributed by atoms with Crippen LogP contribution in [0.1, 0.15) is 54.8 Å². The zero-order chi connectivity index (χ0) is 19.5. The first kappa shape index (κ1) is 18.7. The highest BCUT2D eigenvalue weighted by atomic mass is 32.2. The van der Waals surface area contributed by atoms with Crippen molar-refractivity contribution in [2.75, 3.05) is 5.75 Å². The normalized spacial score (nSPS) is 30.9. The first-order valence-electron chi connectivity index (χ1n) is 10.3. The number of carbonyl (C=O) groups is 1. The van der Waals surface area contributed by atoms with Crippen LogP contribution in [0.3, 0.4) is 0 Å². The molecule has 4 bridgehead atoms. The number of carbonyl (C=O) groups excluding carboxylic acids is 1. The van der Waals surface area contributed by atoms with Crippen molar-refractivity contribution in [3.05, 3.63) is 26.6 Å². The number of H-pyrrole nitrogens is 1. The number of hydrogen-bond donors (Lipinski definition) is 2. The van der Waals surface area contributed by atoms with Gasteiger partial charge >= 0.3 is 0 Å². The second kappa shape index (κ2) is 6.87. The highest BCUT2D eigenvalue weighted by Gasteiger charge is 2.51. The van der Waals surface area contributed by atoms with Crippen molar-refractivity contribution in [3.63, 3.8) is 0 Å². The number of aryl methyl sites for hydroxylation is 2. The molecule has 2 heterocycles. The van der Waals surface area contributed by atoms with Gasteiger partial charge in [0.25, 0.3) is 5.56 Å². The van der Waals surface area contributed by atoms with Gasteiger partial charge in [0.1, 0.15) is 10.7 Å². The van der Waals surface area contributed by atoms with E-state index in [2.05, 4.69) is 15.3 Å². The molecule has 0 aromatic carbocycles. The fourth-order valence-corrected chi connectivity index (χ4v) is 7.94. The van der Waals surface area contributed by atoms with Crippen LogP contribution in [0.4, 0.5) is 0 Å². The Balaban J connectivity index is 1.20. The van der Waals surface area contributed by atoms with E-state index >= 15 is 0 Å². The standard InChI is InChI=1S/C21H27N3O2S2/c1-11-12(2)28-20-18(11)19(26)22-16(23-20)9-27-10-17(25)24-21-6-13-3-14(7-21)5-15(4-13)8-21/h13-15H,3-10H2,1-2H3,(H,24,25)(H,22,23,26). The van der Waals surface area contributed by atoms with E-state index in [0.29, 0.717) is 22.7 Å². The maximum atomic E-state index is 12.6. The van der Waals surface area contributed by atoms with Gasteiger partial charge in [-0.2, -0.15) is 0 Å². The Kier molecular flexibility index (Phi) is 4.58. The summed E-state index contributed by atoms with van der Waals surface area (Å²) in [4.78, 5) is 34.4. The van der Waals surface area contributed by atoms with Crippen molar-refractivity contribution in [2.45, 2.75) is 63.7 Å². The average molecular weight is 418 g/mol. The smallest absolute Gasteiger partial charge is 0.259 e. The summed E-state index contributed by atoms with van der Waals surface area (Å²) in [7, 11) is 0. The molecule has 0 unspecified atom stereocenters. The average Bonchev–Trinajstić information content (AvgIpc) is 2.87. The molecule has 0 radical (unpaired) electrons. The fourth-order valence-electron chi connectivity index (χ4n) is 6.20. The van der Waals surface area contributed by atoms with Gasteiger partial charge in [-0.05, 0) is 75.7 Å². The molecule has 7 heteroatoms. The topological polar surface area (TPSA) is 74.8 Å². The van der Waals surface area contributed by atoms with E-state index in [-0.39, 0.29) is 17.0 Å². The van der Waals surface area contributed by atoms with Crippen LogP contribution >= 0.6 is 23.1 Å². The van der Waals surface area contributed by atoms with Crippen molar-refractivity contribution in [1.82, 2.24) is 15.3 Å². The molecule has 1 amide bonds. The third-order valence-electron chi connectivity index (χ3n) is 7.00. The minimum atomic E-state index is -0.0690. The molecule has 0 saturated heterocycles. The number of rotatable bonds is 5. The van der Waals surface area contributed by atoms with E-state index in [4.69, 9.17) is 0 Å². The van der Waals surface area contributed by atoms with Crippen LogP contribution in [0.5, 0.6) is 0 Å². The second-order valence-electron chi connectivity index (χ2n) is 9.21. The predicted octanol–water partition coefficient (Wildman–Crippen LogP) is 3.92. The molecule has 4 saturated carbocycles. The molecule has 0 atom stereocenters. The number of hydrogen-bond acceptors (Lipinski definition) is 5. The molecule has 0 aliphatic heterocycles. The maximum absolute atomic E-state index is 12.6. The van der Waals surface area contributed by atoms with Gasteiger partial charge in [-0.1, -0.05) is 0 Å². The minimum Gasteiger partial charge on any atom is -0.350 e. The molecule has 2 N–H and O–H groups in total. The predicted molar refractivity (Wildman–Crippen MR) is 115 cm³/mol. The largest absolute Gasteiger partial charge is 0.350 e. The van der Waals surface area contributed by atoms with Crippen LogP contribution in [0.25, 0.3) is 10.2 Å². The molecule has 150 valence electrons. The lowest BCUT2D eigenvalue weighted by molar-refractivity contribution is -0.124. The summed E-state index contributed by atoms with van der Waals surface area (Å²) in [6.45, 7) is 3.98. The van der Waals surface area contributed by atoms with E-state index in [1.54, 1.807) is 11.3 Å². The third-order valence-corrected chi connectivity index (χ3v) is 9.05. The van der Waals surface area contributed by atoms with Gasteiger partial charge in [0, 0.05) is 10.4 Å². The number of thiophene rings is 1. The lowest BCUT2D eigenvalue weighted by Crippen LogP contribution is -2.60. The molecule has 5 nitrogen and oxygen atoms in total. The molecular formula is C21H27N3O2S2. The van der Waals surface area contributed by atoms with Gasteiger partial charge in [-0.25, -0.2) is 4.98 Å². The quantitative estimate of drug-likeness (QED) is 0.773. The molecule has 2 aromatic heterocycles. The number of nitrogens with one attached hydrogen (secondary N) is 2. The van der Waals surface area contributed by atoms with Crippen LogP contribution in [-0.4, -0.2) is 27.2 Å². The van der Waals surface area contributed by atoms with E-state index in [1.807, 2.05) is 13.8 Å². The fraction of sp³-hybridized carbons (Fsp3) is 0.667. The number of thioether (sulfide) groups is 1. The Bertz CT molecular complexity index is 958. The van der Waals surface area contributed by atoms with Crippen molar-refractivity contribution in [1.29, 1.82) is 0 Å². The monoisotopic (exact) mass is 417 g/mol. The summed E-state index contributed by atoms with van der Waals surface area (Å²) < 4.78 is 0. The van der Waals surface area contributed by atoms with Crippen molar-refractivity contribution in [3.8, 4) is 0 Å². The summed E-state index contributed by atoms with van der Waals surface area (Å²) in [5.74, 6) is 4.26. The van der Waals surface area contributed by atoms with Gasteiger partial charge in [0.2, 0.25) is 5.91 Å². The first-order chi connectivity index (χ1) is 13.4. The molecule has 6 rings (SSSR count). The zero-order valence-electron chi connectivity index (χ0n) is 16.5. The molecule has 0 spiro atoms. The highest BCUT2D eigenvalue weighted by Crippen LogP contribution is 2.55. The Hall–Kier alpha value is -1.34. The third kappa shape index (κ3) is 3.30. The first-order valence-corrected chi connectivity index (χ1v) is 12.3. The summed E-state index contributed by atoms with van der Waals surface area (Å²) in [5, 5.41) is 4.12. The van der Waals surface area contributed by atoms with E-state index in [0.717, 1.165) is 33.0 Å². The van der Waals surface area contributed by atoms with Crippen LogP contribution < -0.4 is 10.9 Å². The van der Waals surface area contributed by atoms with Gasteiger partial charge < -0.3 is 10.3 Å². The summed E-state index contributed by atoms with van der Waals surface area (Å²) in [6.07, 6.45) is 7.68. The van der Waals surface area contributed by atoms with E-state index in [1.165, 1.54) is 50.3 Å². The zero-order valence-corrected chi connectivity index (χ0v) is 18.1. The lowest BCUT2D eigenvalue weighted by Gasteiger charge is -2.56. The molecular weight excluding hydrogens is 390 g/mol. The van der Waals surface area contributed by atoms with Crippen molar-refractivity contribution >= 4 is 39.2 Å². The highest BCUT2D eigenvalue weighted by molar-refractivity contribution is 7.99. The lowest BCUT2D eigenvalue weighted by atomic mass is 9.53. The molecule has 28 heavy (non-hydrogen) atoms. The Morgan fingerprint density at radius 1 is 1.21 bits per heavy atom. The SMILES string of the molecule is Cc1sc2nc(CSCC(=O)NC34CC5CC(CC(C5)C3)C4)[nH]c(=O)c2c1C. The van der Waals surface area contributed by atoms with Gasteiger partial charge in [0.15, 0.2) is 0 Å². The number of nitrogens with zero attached hydrogens (tertiary/aromatic N) is 1. The van der Waals surface area contributed by atoms with Crippen molar-refractivity contribution in [2.24, 2.45) is 17.8 Å². The number of amides is 1. The number of aromatic nitrogens is 2. The van der Waals surface area contributed by atoms with Gasteiger partial charge in [-0.3, -0.25) is 9.59 Å². The summed E-state index contributed by atoms with van der Waals surface area (Å²) >= 11 is 3.10. The molecule has 2 aromatic rings. The Morgan fingerprint density at radius 2 is 1.86 bits per heavy atom. The minimum absolute atomic E-state index is 0.0690. The number of aromatic amines is 1. The van der Waals surface area contributed by atoms with Crippen LogP contribution in [0.15, 0.2) is 4.79 Å². The van der Waals surface area contributed by atoms with Crippen LogP contribution in [0, 0.1) is 31.6 Å². The van der Waals surface area contributed by atoms with Crippen LogP contribution in [0.2, 0.25) is 0 Å². The number of fused-ring (bicyclic) bond motifs is 1. The Labute approximate surface area is 173 Å². The van der Waals surface area contributed by atoms with E-state index in [9.17, 15) is 9.59 Å². The Morgan fingerprint density at radius 3 is 2.50 bits per heavy atom. The van der Waals surface area contributed by atoms with E-state index < -0.39 is 0 Å². The molecule has 4 aliphatic rings. The molecule has 4 aliphatic carbocycles. The van der Waals surface area contributed by atoms with Crippen molar-refractivity contribution < 1.29 is 4.79 Å². The van der Waals surface area contributed by atoms with Gasteiger partial charge in [0.05, 0.1) is 16.9 Å².